The Hall–Kier alpha value is -2.28. The second kappa shape index (κ2) is 9.27. The number of nitrogens with one attached hydrogen (secondary N) is 1. The van der Waals surface area contributed by atoms with E-state index in [-0.39, 0.29) is 18.0 Å². The predicted octanol–water partition coefficient (Wildman–Crippen LogP) is 1.47. The molecule has 3 amide bonds. The normalized spacial score (nSPS) is 16.8. The average molecular weight is 349 g/mol. The monoisotopic (exact) mass is 349 g/mol. The second-order valence-electron chi connectivity index (χ2n) is 6.05. The molecule has 1 heterocycles. The van der Waals surface area contributed by atoms with Crippen LogP contribution in [0.5, 0.6) is 5.75 Å². The van der Waals surface area contributed by atoms with Crippen molar-refractivity contribution in [3.05, 3.63) is 29.8 Å². The summed E-state index contributed by atoms with van der Waals surface area (Å²) in [7, 11) is 3.22. The molecule has 0 bridgehead atoms. The Morgan fingerprint density at radius 3 is 2.84 bits per heavy atom. The van der Waals surface area contributed by atoms with Crippen LogP contribution in [0.15, 0.2) is 24.3 Å². The number of likely N-dealkylation sites (N-methyl/N-ethyl adjacent to an activating group) is 1. The van der Waals surface area contributed by atoms with Crippen molar-refractivity contribution in [3.63, 3.8) is 0 Å². The molecule has 1 saturated heterocycles. The van der Waals surface area contributed by atoms with Gasteiger partial charge in [-0.15, -0.1) is 0 Å². The third kappa shape index (κ3) is 5.35. The van der Waals surface area contributed by atoms with Gasteiger partial charge < -0.3 is 24.6 Å². The van der Waals surface area contributed by atoms with Crippen LogP contribution in [0.25, 0.3) is 0 Å². The van der Waals surface area contributed by atoms with Crippen LogP contribution >= 0.6 is 0 Å². The predicted molar refractivity (Wildman–Crippen MR) is 94.5 cm³/mol. The molecule has 2 rings (SSSR count). The fourth-order valence-electron chi connectivity index (χ4n) is 2.89. The minimum atomic E-state index is -0.185. The number of benzene rings is 1. The summed E-state index contributed by atoms with van der Waals surface area (Å²) in [5, 5.41) is 2.97. The van der Waals surface area contributed by atoms with E-state index in [0.29, 0.717) is 39.2 Å². The number of likely N-dealkylation sites (tertiary alicyclic amines) is 1. The quantitative estimate of drug-likeness (QED) is 0.772. The third-order valence-electron chi connectivity index (χ3n) is 4.28. The highest BCUT2D eigenvalue weighted by atomic mass is 16.5. The van der Waals surface area contributed by atoms with Crippen LogP contribution in [0.2, 0.25) is 0 Å². The van der Waals surface area contributed by atoms with Crippen LogP contribution < -0.4 is 10.1 Å². The number of ether oxygens (including phenoxy) is 2. The lowest BCUT2D eigenvalue weighted by molar-refractivity contribution is -0.127. The van der Waals surface area contributed by atoms with Gasteiger partial charge in [0.2, 0.25) is 5.91 Å². The molecule has 0 spiro atoms. The molecule has 1 aliphatic rings. The minimum absolute atomic E-state index is 0.0871. The average Bonchev–Trinajstić information content (AvgIpc) is 2.97. The number of hydrogen-bond donors (Lipinski definition) is 1. The number of rotatable bonds is 8. The lowest BCUT2D eigenvalue weighted by Crippen LogP contribution is -2.46. The number of methoxy groups -OCH3 is 2. The fraction of sp³-hybridized carbons (Fsp3) is 0.556. The van der Waals surface area contributed by atoms with Gasteiger partial charge >= 0.3 is 6.03 Å². The Balaban J connectivity index is 2.00. The molecular weight excluding hydrogens is 322 g/mol. The van der Waals surface area contributed by atoms with Crippen molar-refractivity contribution in [3.8, 4) is 5.75 Å². The summed E-state index contributed by atoms with van der Waals surface area (Å²) in [6.45, 7) is 4.54. The molecule has 1 aromatic carbocycles. The molecule has 7 nitrogen and oxygen atoms in total. The van der Waals surface area contributed by atoms with E-state index in [9.17, 15) is 9.59 Å². The van der Waals surface area contributed by atoms with Crippen molar-refractivity contribution in [1.29, 1.82) is 0 Å². The lowest BCUT2D eigenvalue weighted by atomic mass is 10.2. The molecule has 7 heteroatoms. The smallest absolute Gasteiger partial charge is 0.318 e. The first-order valence-corrected chi connectivity index (χ1v) is 8.52. The first-order valence-electron chi connectivity index (χ1n) is 8.52. The molecule has 0 radical (unpaired) electrons. The van der Waals surface area contributed by atoms with Crippen molar-refractivity contribution < 1.29 is 19.1 Å². The van der Waals surface area contributed by atoms with Crippen LogP contribution in [0, 0.1) is 0 Å². The van der Waals surface area contributed by atoms with E-state index in [1.54, 1.807) is 24.0 Å². The summed E-state index contributed by atoms with van der Waals surface area (Å²) in [4.78, 5) is 27.9. The number of amides is 3. The molecule has 0 aliphatic carbocycles. The number of carbonyl (C=O) groups is 2. The zero-order valence-corrected chi connectivity index (χ0v) is 15.2. The Morgan fingerprint density at radius 2 is 2.20 bits per heavy atom. The van der Waals surface area contributed by atoms with Gasteiger partial charge in [0.25, 0.3) is 0 Å². The standard InChI is InChI=1S/C18H27N3O4/c1-4-20-13-15(11-17(20)22)19-18(23)21(8-9-24-2)12-14-6-5-7-16(10-14)25-3/h5-7,10,15H,4,8-9,11-13H2,1-3H3,(H,19,23)/t15-/m0/s1. The lowest BCUT2D eigenvalue weighted by Gasteiger charge is -2.25. The molecule has 1 N–H and O–H groups in total. The zero-order valence-electron chi connectivity index (χ0n) is 15.2. The molecular formula is C18H27N3O4. The van der Waals surface area contributed by atoms with Crippen molar-refractivity contribution >= 4 is 11.9 Å². The van der Waals surface area contributed by atoms with E-state index in [2.05, 4.69) is 5.32 Å². The number of nitrogens with zero attached hydrogens (tertiary/aromatic N) is 2. The van der Waals surface area contributed by atoms with E-state index in [1.165, 1.54) is 0 Å². The Morgan fingerprint density at radius 1 is 1.40 bits per heavy atom. The molecule has 0 saturated carbocycles. The number of carbonyl (C=O) groups excluding carboxylic acids is 2. The summed E-state index contributed by atoms with van der Waals surface area (Å²) in [6.07, 6.45) is 0.358. The van der Waals surface area contributed by atoms with E-state index in [4.69, 9.17) is 9.47 Å². The fourth-order valence-corrected chi connectivity index (χ4v) is 2.89. The SMILES string of the molecule is CCN1C[C@@H](NC(=O)N(CCOC)Cc2cccc(OC)c2)CC1=O. The van der Waals surface area contributed by atoms with E-state index in [1.807, 2.05) is 31.2 Å². The Bertz CT molecular complexity index is 593. The largest absolute Gasteiger partial charge is 0.497 e. The van der Waals surface area contributed by atoms with E-state index >= 15 is 0 Å². The molecule has 25 heavy (non-hydrogen) atoms. The van der Waals surface area contributed by atoms with Crippen LogP contribution in [-0.2, 0) is 16.1 Å². The molecule has 1 aliphatic heterocycles. The van der Waals surface area contributed by atoms with Gasteiger partial charge in [-0.2, -0.15) is 0 Å². The van der Waals surface area contributed by atoms with Crippen molar-refractivity contribution in [2.24, 2.45) is 0 Å². The Kier molecular flexibility index (Phi) is 7.06. The topological polar surface area (TPSA) is 71.1 Å². The van der Waals surface area contributed by atoms with Crippen molar-refractivity contribution in [2.75, 3.05) is 40.5 Å². The third-order valence-corrected chi connectivity index (χ3v) is 4.28. The van der Waals surface area contributed by atoms with Crippen LogP contribution in [0.3, 0.4) is 0 Å². The maximum Gasteiger partial charge on any atom is 0.318 e. The molecule has 1 fully saturated rings. The maximum absolute atomic E-state index is 12.7. The van der Waals surface area contributed by atoms with Crippen molar-refractivity contribution in [1.82, 2.24) is 15.1 Å². The highest BCUT2D eigenvalue weighted by Gasteiger charge is 2.30. The number of urea groups is 1. The van der Waals surface area contributed by atoms with Gasteiger partial charge in [-0.1, -0.05) is 12.1 Å². The molecule has 0 aromatic heterocycles. The highest BCUT2D eigenvalue weighted by molar-refractivity contribution is 5.81. The number of hydrogen-bond acceptors (Lipinski definition) is 4. The summed E-state index contributed by atoms with van der Waals surface area (Å²) in [5.74, 6) is 0.841. The van der Waals surface area contributed by atoms with Gasteiger partial charge in [-0.05, 0) is 24.6 Å². The first kappa shape index (κ1) is 19.1. The summed E-state index contributed by atoms with van der Waals surface area (Å²) < 4.78 is 10.4. The van der Waals surface area contributed by atoms with E-state index < -0.39 is 0 Å². The van der Waals surface area contributed by atoms with Gasteiger partial charge in [0, 0.05) is 39.7 Å². The van der Waals surface area contributed by atoms with E-state index in [0.717, 1.165) is 11.3 Å². The second-order valence-corrected chi connectivity index (χ2v) is 6.05. The first-order chi connectivity index (χ1) is 12.1. The molecule has 1 atom stereocenters. The van der Waals surface area contributed by atoms with Crippen LogP contribution in [-0.4, -0.2) is 68.2 Å². The van der Waals surface area contributed by atoms with Gasteiger partial charge in [0.15, 0.2) is 0 Å². The molecule has 1 aromatic rings. The summed E-state index contributed by atoms with van der Waals surface area (Å²) >= 11 is 0. The van der Waals surface area contributed by atoms with Gasteiger partial charge in [0.1, 0.15) is 5.75 Å². The zero-order chi connectivity index (χ0) is 18.2. The van der Waals surface area contributed by atoms with Crippen LogP contribution in [0.1, 0.15) is 18.9 Å². The van der Waals surface area contributed by atoms with Crippen LogP contribution in [0.4, 0.5) is 4.79 Å². The van der Waals surface area contributed by atoms with Crippen molar-refractivity contribution in [2.45, 2.75) is 25.9 Å². The minimum Gasteiger partial charge on any atom is -0.497 e. The summed E-state index contributed by atoms with van der Waals surface area (Å²) in [6, 6.07) is 7.30. The van der Waals surface area contributed by atoms with Gasteiger partial charge in [-0.25, -0.2) is 4.79 Å². The highest BCUT2D eigenvalue weighted by Crippen LogP contribution is 2.15. The maximum atomic E-state index is 12.7. The van der Waals surface area contributed by atoms with Gasteiger partial charge in [0.05, 0.1) is 19.8 Å². The van der Waals surface area contributed by atoms with Gasteiger partial charge in [-0.3, -0.25) is 4.79 Å². The summed E-state index contributed by atoms with van der Waals surface area (Å²) in [5.41, 5.74) is 0.975. The molecule has 0 unspecified atom stereocenters. The Labute approximate surface area is 148 Å². The molecule has 138 valence electrons.